The summed E-state index contributed by atoms with van der Waals surface area (Å²) in [5, 5.41) is 3.45. The van der Waals surface area contributed by atoms with Gasteiger partial charge in [-0.05, 0) is 40.3 Å². The van der Waals surface area contributed by atoms with Gasteiger partial charge in [0, 0.05) is 24.9 Å². The van der Waals surface area contributed by atoms with E-state index in [2.05, 4.69) is 31.0 Å². The summed E-state index contributed by atoms with van der Waals surface area (Å²) in [6.45, 7) is 8.13. The van der Waals surface area contributed by atoms with Gasteiger partial charge in [-0.3, -0.25) is 0 Å². The lowest BCUT2D eigenvalue weighted by molar-refractivity contribution is 0.242. The zero-order chi connectivity index (χ0) is 13.5. The molecule has 0 spiro atoms. The maximum Gasteiger partial charge on any atom is 0.148 e. The van der Waals surface area contributed by atoms with Crippen LogP contribution in [-0.2, 0) is 9.84 Å². The second-order valence-electron chi connectivity index (χ2n) is 5.05. The van der Waals surface area contributed by atoms with Crippen LogP contribution in [0, 0.1) is 0 Å². The maximum absolute atomic E-state index is 11.1. The molecule has 0 rings (SSSR count). The first-order chi connectivity index (χ1) is 7.76. The van der Waals surface area contributed by atoms with Crippen molar-refractivity contribution in [2.45, 2.75) is 45.7 Å². The van der Waals surface area contributed by atoms with Crippen LogP contribution in [-0.4, -0.2) is 57.5 Å². The van der Waals surface area contributed by atoms with Crippen LogP contribution in [0.5, 0.6) is 0 Å². The Balaban J connectivity index is 3.92. The number of rotatable bonds is 9. The lowest BCUT2D eigenvalue weighted by atomic mass is 10.1. The minimum atomic E-state index is -2.85. The third kappa shape index (κ3) is 9.56. The Morgan fingerprint density at radius 3 is 2.35 bits per heavy atom. The molecule has 0 saturated carbocycles. The fourth-order valence-electron chi connectivity index (χ4n) is 1.70. The molecule has 2 unspecified atom stereocenters. The first-order valence-corrected chi connectivity index (χ1v) is 8.43. The van der Waals surface area contributed by atoms with E-state index in [-0.39, 0.29) is 5.75 Å². The molecule has 104 valence electrons. The Bertz CT molecular complexity index is 291. The normalized spacial score (nSPS) is 16.1. The van der Waals surface area contributed by atoms with Gasteiger partial charge in [0.15, 0.2) is 0 Å². The van der Waals surface area contributed by atoms with Gasteiger partial charge in [-0.1, -0.05) is 6.92 Å². The Morgan fingerprint density at radius 1 is 1.29 bits per heavy atom. The summed E-state index contributed by atoms with van der Waals surface area (Å²) in [6.07, 6.45) is 3.47. The summed E-state index contributed by atoms with van der Waals surface area (Å²) in [6, 6.07) is 0.877. The van der Waals surface area contributed by atoms with E-state index in [1.807, 2.05) is 7.05 Å². The average Bonchev–Trinajstić information content (AvgIpc) is 2.21. The molecule has 0 aliphatic carbocycles. The van der Waals surface area contributed by atoms with Crippen LogP contribution < -0.4 is 5.32 Å². The van der Waals surface area contributed by atoms with E-state index in [0.717, 1.165) is 19.4 Å². The van der Waals surface area contributed by atoms with Crippen molar-refractivity contribution in [3.63, 3.8) is 0 Å². The summed E-state index contributed by atoms with van der Waals surface area (Å²) in [4.78, 5) is 2.12. The lowest BCUT2D eigenvalue weighted by Crippen LogP contribution is -2.38. The fraction of sp³-hybridized carbons (Fsp3) is 1.00. The zero-order valence-corrected chi connectivity index (χ0v) is 12.7. The molecule has 0 bridgehead atoms. The second kappa shape index (κ2) is 8.06. The number of sulfone groups is 1. The molecule has 0 aromatic heterocycles. The first kappa shape index (κ1) is 16.9. The molecular weight excluding hydrogens is 236 g/mol. The van der Waals surface area contributed by atoms with E-state index in [1.165, 1.54) is 6.26 Å². The minimum Gasteiger partial charge on any atom is -0.314 e. The maximum atomic E-state index is 11.1. The van der Waals surface area contributed by atoms with Crippen molar-refractivity contribution < 1.29 is 8.42 Å². The molecule has 0 aromatic rings. The Labute approximate surface area is 107 Å². The predicted octanol–water partition coefficient (Wildman–Crippen LogP) is 1.13. The quantitative estimate of drug-likeness (QED) is 0.678. The molecular formula is C12H28N2O2S. The molecule has 1 N–H and O–H groups in total. The van der Waals surface area contributed by atoms with Crippen molar-refractivity contribution in [3.05, 3.63) is 0 Å². The fourth-order valence-corrected chi connectivity index (χ4v) is 2.32. The number of nitrogens with zero attached hydrogens (tertiary/aromatic N) is 1. The van der Waals surface area contributed by atoms with Crippen LogP contribution in [0.3, 0.4) is 0 Å². The molecule has 0 aliphatic rings. The van der Waals surface area contributed by atoms with Crippen molar-refractivity contribution >= 4 is 9.84 Å². The molecule has 0 saturated heterocycles. The summed E-state index contributed by atoms with van der Waals surface area (Å²) >= 11 is 0. The Morgan fingerprint density at radius 2 is 1.88 bits per heavy atom. The molecule has 17 heavy (non-hydrogen) atoms. The van der Waals surface area contributed by atoms with E-state index >= 15 is 0 Å². The number of hydrogen-bond acceptors (Lipinski definition) is 4. The van der Waals surface area contributed by atoms with Crippen LogP contribution in [0.1, 0.15) is 33.6 Å². The monoisotopic (exact) mass is 264 g/mol. The van der Waals surface area contributed by atoms with E-state index < -0.39 is 9.84 Å². The second-order valence-corrected chi connectivity index (χ2v) is 7.31. The summed E-state index contributed by atoms with van der Waals surface area (Å²) in [7, 11) is -0.864. The van der Waals surface area contributed by atoms with Crippen molar-refractivity contribution in [2.75, 3.05) is 32.1 Å². The molecule has 0 radical (unpaired) electrons. The van der Waals surface area contributed by atoms with Crippen LogP contribution in [0.2, 0.25) is 0 Å². The number of hydrogen-bond donors (Lipinski definition) is 1. The van der Waals surface area contributed by atoms with E-state index in [1.54, 1.807) is 0 Å². The highest BCUT2D eigenvalue weighted by molar-refractivity contribution is 7.90. The van der Waals surface area contributed by atoms with Crippen LogP contribution in [0.15, 0.2) is 0 Å². The molecule has 4 nitrogen and oxygen atoms in total. The summed E-state index contributed by atoms with van der Waals surface area (Å²) in [5.74, 6) is 0.241. The van der Waals surface area contributed by atoms with Gasteiger partial charge in [0.1, 0.15) is 9.84 Å². The van der Waals surface area contributed by atoms with Crippen molar-refractivity contribution in [2.24, 2.45) is 0 Å². The molecule has 0 heterocycles. The first-order valence-electron chi connectivity index (χ1n) is 6.37. The van der Waals surface area contributed by atoms with Crippen LogP contribution in [0.4, 0.5) is 0 Å². The topological polar surface area (TPSA) is 49.4 Å². The van der Waals surface area contributed by atoms with Crippen molar-refractivity contribution in [1.82, 2.24) is 10.2 Å². The average molecular weight is 264 g/mol. The van der Waals surface area contributed by atoms with Gasteiger partial charge in [-0.15, -0.1) is 0 Å². The summed E-state index contributed by atoms with van der Waals surface area (Å²) in [5.41, 5.74) is 0. The van der Waals surface area contributed by atoms with E-state index in [0.29, 0.717) is 18.6 Å². The molecule has 0 amide bonds. The van der Waals surface area contributed by atoms with Gasteiger partial charge in [0.25, 0.3) is 0 Å². The standard InChI is InChI=1S/C12H28N2O2S/c1-6-7-13-11(2)10-12(3)14(4)8-9-17(5,15)16/h11-13H,6-10H2,1-5H3. The summed E-state index contributed by atoms with van der Waals surface area (Å²) < 4.78 is 22.2. The van der Waals surface area contributed by atoms with Gasteiger partial charge >= 0.3 is 0 Å². The molecule has 2 atom stereocenters. The zero-order valence-electron chi connectivity index (χ0n) is 11.9. The minimum absolute atomic E-state index is 0.241. The Hall–Kier alpha value is -0.130. The van der Waals surface area contributed by atoms with E-state index in [4.69, 9.17) is 0 Å². The smallest absolute Gasteiger partial charge is 0.148 e. The third-order valence-corrected chi connectivity index (χ3v) is 3.93. The molecule has 0 aromatic carbocycles. The van der Waals surface area contributed by atoms with Gasteiger partial charge in [-0.25, -0.2) is 8.42 Å². The Kier molecular flexibility index (Phi) is 8.00. The highest BCUT2D eigenvalue weighted by atomic mass is 32.2. The molecule has 5 heteroatoms. The van der Waals surface area contributed by atoms with Crippen LogP contribution in [0.25, 0.3) is 0 Å². The molecule has 0 fully saturated rings. The van der Waals surface area contributed by atoms with Gasteiger partial charge < -0.3 is 10.2 Å². The lowest BCUT2D eigenvalue weighted by Gasteiger charge is -2.27. The van der Waals surface area contributed by atoms with Crippen molar-refractivity contribution in [3.8, 4) is 0 Å². The third-order valence-electron chi connectivity index (χ3n) is 3.00. The van der Waals surface area contributed by atoms with Crippen LogP contribution >= 0.6 is 0 Å². The largest absolute Gasteiger partial charge is 0.314 e. The highest BCUT2D eigenvalue weighted by Gasteiger charge is 2.14. The number of nitrogens with one attached hydrogen (secondary N) is 1. The SMILES string of the molecule is CCCNC(C)CC(C)N(C)CCS(C)(=O)=O. The van der Waals surface area contributed by atoms with Gasteiger partial charge in [-0.2, -0.15) is 0 Å². The van der Waals surface area contributed by atoms with Crippen molar-refractivity contribution in [1.29, 1.82) is 0 Å². The van der Waals surface area contributed by atoms with E-state index in [9.17, 15) is 8.42 Å². The molecule has 0 aliphatic heterocycles. The predicted molar refractivity (Wildman–Crippen MR) is 74.2 cm³/mol. The van der Waals surface area contributed by atoms with Gasteiger partial charge in [0.05, 0.1) is 5.75 Å². The van der Waals surface area contributed by atoms with Gasteiger partial charge in [0.2, 0.25) is 0 Å². The highest BCUT2D eigenvalue weighted by Crippen LogP contribution is 2.05.